The molecule has 0 amide bonds. The van der Waals surface area contributed by atoms with Crippen LogP contribution in [-0.4, -0.2) is 0 Å². The molecule has 0 saturated carbocycles. The van der Waals surface area contributed by atoms with Crippen LogP contribution in [0.3, 0.4) is 0 Å². The number of rotatable bonds is 1. The third kappa shape index (κ3) is 1.32. The summed E-state index contributed by atoms with van der Waals surface area (Å²) in [6, 6.07) is 5.90. The van der Waals surface area contributed by atoms with Crippen LogP contribution in [0.15, 0.2) is 18.2 Å². The van der Waals surface area contributed by atoms with E-state index >= 15 is 0 Å². The largest absolute Gasteiger partial charge is 0.0840 e. The quantitative estimate of drug-likeness (QED) is 0.582. The van der Waals surface area contributed by atoms with Gasteiger partial charge in [-0.3, -0.25) is 0 Å². The van der Waals surface area contributed by atoms with E-state index in [1.807, 2.05) is 25.1 Å². The molecule has 1 heteroatoms. The minimum atomic E-state index is 0.769. The molecule has 0 aliphatic heterocycles. The summed E-state index contributed by atoms with van der Waals surface area (Å²) in [6.07, 6.45) is 0.769. The van der Waals surface area contributed by atoms with E-state index < -0.39 is 0 Å². The summed E-state index contributed by atoms with van der Waals surface area (Å²) in [5.41, 5.74) is 2.38. The first-order valence-corrected chi connectivity index (χ1v) is 3.66. The highest BCUT2D eigenvalue weighted by Crippen LogP contribution is 2.19. The molecule has 0 saturated heterocycles. The van der Waals surface area contributed by atoms with Gasteiger partial charge in [-0.15, -0.1) is 0 Å². The van der Waals surface area contributed by atoms with Gasteiger partial charge in [0, 0.05) is 5.02 Å². The van der Waals surface area contributed by atoms with Crippen molar-refractivity contribution in [3.63, 3.8) is 0 Å². The molecule has 0 aliphatic rings. The van der Waals surface area contributed by atoms with Crippen LogP contribution in [0.25, 0.3) is 0 Å². The van der Waals surface area contributed by atoms with Crippen molar-refractivity contribution in [1.29, 1.82) is 0 Å². The van der Waals surface area contributed by atoms with E-state index in [4.69, 9.17) is 11.6 Å². The highest BCUT2D eigenvalue weighted by Gasteiger charge is 1.98. The normalized spacial score (nSPS) is 9.90. The third-order valence-electron chi connectivity index (χ3n) is 1.60. The monoisotopic (exact) mass is 153 g/mol. The van der Waals surface area contributed by atoms with E-state index in [0.717, 1.165) is 17.0 Å². The second-order valence-corrected chi connectivity index (χ2v) is 2.69. The van der Waals surface area contributed by atoms with Gasteiger partial charge in [-0.05, 0) is 37.5 Å². The number of benzene rings is 1. The van der Waals surface area contributed by atoms with Gasteiger partial charge in [0.25, 0.3) is 0 Å². The molecule has 1 radical (unpaired) electrons. The van der Waals surface area contributed by atoms with Crippen LogP contribution >= 0.6 is 11.6 Å². The smallest absolute Gasteiger partial charge is 0.0440 e. The molecule has 0 fully saturated rings. The van der Waals surface area contributed by atoms with Gasteiger partial charge in [-0.2, -0.15) is 0 Å². The van der Waals surface area contributed by atoms with Gasteiger partial charge in [-0.25, -0.2) is 0 Å². The van der Waals surface area contributed by atoms with Crippen LogP contribution in [0.2, 0.25) is 5.02 Å². The molecule has 0 atom stereocenters. The van der Waals surface area contributed by atoms with Crippen LogP contribution in [0.5, 0.6) is 0 Å². The lowest BCUT2D eigenvalue weighted by Crippen LogP contribution is -1.86. The maximum absolute atomic E-state index is 5.89. The average Bonchev–Trinajstić information content (AvgIpc) is 1.88. The minimum absolute atomic E-state index is 0.769. The van der Waals surface area contributed by atoms with Crippen molar-refractivity contribution in [3.05, 3.63) is 41.3 Å². The lowest BCUT2D eigenvalue weighted by Gasteiger charge is -2.03. The van der Waals surface area contributed by atoms with Crippen molar-refractivity contribution in [3.8, 4) is 0 Å². The zero-order chi connectivity index (χ0) is 7.56. The van der Waals surface area contributed by atoms with Crippen LogP contribution in [0, 0.1) is 13.8 Å². The minimum Gasteiger partial charge on any atom is -0.0840 e. The summed E-state index contributed by atoms with van der Waals surface area (Å²) < 4.78 is 0. The molecule has 0 N–H and O–H groups in total. The Morgan fingerprint density at radius 1 is 1.50 bits per heavy atom. The van der Waals surface area contributed by atoms with E-state index in [-0.39, 0.29) is 0 Å². The lowest BCUT2D eigenvalue weighted by molar-refractivity contribution is 1.21. The topological polar surface area (TPSA) is 0 Å². The summed E-state index contributed by atoms with van der Waals surface area (Å²) in [5, 5.41) is 0.829. The van der Waals surface area contributed by atoms with Crippen LogP contribution in [-0.2, 0) is 6.42 Å². The number of hydrogen-bond donors (Lipinski definition) is 0. The number of aryl methyl sites for hydroxylation is 1. The van der Waals surface area contributed by atoms with Crippen LogP contribution in [0.1, 0.15) is 11.1 Å². The second kappa shape index (κ2) is 3.07. The average molecular weight is 154 g/mol. The van der Waals surface area contributed by atoms with E-state index in [0.29, 0.717) is 0 Å². The zero-order valence-corrected chi connectivity index (χ0v) is 6.78. The highest BCUT2D eigenvalue weighted by molar-refractivity contribution is 6.31. The Morgan fingerprint density at radius 2 is 2.20 bits per heavy atom. The molecule has 0 aliphatic carbocycles. The molecule has 1 rings (SSSR count). The molecule has 0 bridgehead atoms. The molecule has 0 spiro atoms. The Balaban J connectivity index is 3.17. The van der Waals surface area contributed by atoms with Crippen LogP contribution in [0.4, 0.5) is 0 Å². The highest BCUT2D eigenvalue weighted by atomic mass is 35.5. The van der Waals surface area contributed by atoms with Gasteiger partial charge in [0.2, 0.25) is 0 Å². The standard InChI is InChI=1S/C9H10Cl/c1-3-8-7(2)5-4-6-9(8)10/h4-6H,1,3H2,2H3. The Morgan fingerprint density at radius 3 is 2.60 bits per heavy atom. The third-order valence-corrected chi connectivity index (χ3v) is 1.96. The van der Waals surface area contributed by atoms with E-state index in [1.165, 1.54) is 5.56 Å². The summed E-state index contributed by atoms with van der Waals surface area (Å²) in [5.74, 6) is 0. The molecule has 0 unspecified atom stereocenters. The first kappa shape index (κ1) is 7.62. The predicted molar refractivity (Wildman–Crippen MR) is 45.3 cm³/mol. The number of hydrogen-bond acceptors (Lipinski definition) is 0. The van der Waals surface area contributed by atoms with Gasteiger partial charge in [-0.1, -0.05) is 23.7 Å². The fourth-order valence-corrected chi connectivity index (χ4v) is 1.30. The summed E-state index contributed by atoms with van der Waals surface area (Å²) in [7, 11) is 0. The fraction of sp³-hybridized carbons (Fsp3) is 0.222. The molecular formula is C9H10Cl. The zero-order valence-electron chi connectivity index (χ0n) is 6.02. The van der Waals surface area contributed by atoms with Gasteiger partial charge in [0.15, 0.2) is 0 Å². The molecular weight excluding hydrogens is 144 g/mol. The van der Waals surface area contributed by atoms with Crippen molar-refractivity contribution < 1.29 is 0 Å². The second-order valence-electron chi connectivity index (χ2n) is 2.29. The van der Waals surface area contributed by atoms with Gasteiger partial charge >= 0.3 is 0 Å². The summed E-state index contributed by atoms with van der Waals surface area (Å²) in [6.45, 7) is 5.84. The molecule has 53 valence electrons. The van der Waals surface area contributed by atoms with Gasteiger partial charge in [0.1, 0.15) is 0 Å². The molecule has 0 heterocycles. The Labute approximate surface area is 66.8 Å². The van der Waals surface area contributed by atoms with Gasteiger partial charge in [0.05, 0.1) is 0 Å². The van der Waals surface area contributed by atoms with Gasteiger partial charge < -0.3 is 0 Å². The van der Waals surface area contributed by atoms with Crippen molar-refractivity contribution in [2.45, 2.75) is 13.3 Å². The Bertz CT molecular complexity index is 208. The van der Waals surface area contributed by atoms with Crippen molar-refractivity contribution in [1.82, 2.24) is 0 Å². The molecule has 1 aromatic carbocycles. The maximum Gasteiger partial charge on any atom is 0.0440 e. The Kier molecular flexibility index (Phi) is 2.34. The van der Waals surface area contributed by atoms with Crippen molar-refractivity contribution in [2.24, 2.45) is 0 Å². The Hall–Kier alpha value is -0.490. The van der Waals surface area contributed by atoms with Crippen molar-refractivity contribution >= 4 is 11.6 Å². The maximum atomic E-state index is 5.89. The molecule has 1 aromatic rings. The lowest BCUT2D eigenvalue weighted by atomic mass is 10.1. The van der Waals surface area contributed by atoms with E-state index in [2.05, 4.69) is 6.92 Å². The first-order chi connectivity index (χ1) is 4.75. The SMILES string of the molecule is [CH2]Cc1c(C)cccc1Cl. The fourth-order valence-electron chi connectivity index (χ4n) is 0.983. The summed E-state index contributed by atoms with van der Waals surface area (Å²) >= 11 is 5.89. The van der Waals surface area contributed by atoms with E-state index in [9.17, 15) is 0 Å². The molecule has 0 aromatic heterocycles. The van der Waals surface area contributed by atoms with Crippen LogP contribution < -0.4 is 0 Å². The first-order valence-electron chi connectivity index (χ1n) is 3.29. The van der Waals surface area contributed by atoms with Crippen molar-refractivity contribution in [2.75, 3.05) is 0 Å². The molecule has 0 nitrogen and oxygen atoms in total. The van der Waals surface area contributed by atoms with E-state index in [1.54, 1.807) is 0 Å². The number of halogens is 1. The molecule has 10 heavy (non-hydrogen) atoms. The predicted octanol–water partition coefficient (Wildman–Crippen LogP) is 3.03. The summed E-state index contributed by atoms with van der Waals surface area (Å²) in [4.78, 5) is 0.